The molecule has 150 valence electrons. The van der Waals surface area contributed by atoms with Crippen LogP contribution >= 0.6 is 0 Å². The highest BCUT2D eigenvalue weighted by molar-refractivity contribution is 5.84. The van der Waals surface area contributed by atoms with Gasteiger partial charge in [-0.25, -0.2) is 4.79 Å². The number of amides is 1. The van der Waals surface area contributed by atoms with Gasteiger partial charge in [-0.15, -0.1) is 10.2 Å². The second kappa shape index (κ2) is 9.59. The lowest BCUT2D eigenvalue weighted by Gasteiger charge is -2.17. The number of carbonyl (C=O) groups is 2. The van der Waals surface area contributed by atoms with E-state index in [1.54, 1.807) is 6.92 Å². The van der Waals surface area contributed by atoms with Crippen LogP contribution in [-0.2, 0) is 27.3 Å². The summed E-state index contributed by atoms with van der Waals surface area (Å²) in [5, 5.41) is 14.9. The minimum absolute atomic E-state index is 0.149. The molecular formula is C21H23N5O3. The number of hydrogen-bond donors (Lipinski definition) is 1. The highest BCUT2D eigenvalue weighted by Gasteiger charge is 2.23. The van der Waals surface area contributed by atoms with Gasteiger partial charge in [0.1, 0.15) is 12.6 Å². The summed E-state index contributed by atoms with van der Waals surface area (Å²) in [5.74, 6) is -0.438. The van der Waals surface area contributed by atoms with Gasteiger partial charge < -0.3 is 10.1 Å². The minimum Gasteiger partial charge on any atom is -0.464 e. The third-order valence-corrected chi connectivity index (χ3v) is 4.24. The van der Waals surface area contributed by atoms with Crippen molar-refractivity contribution in [1.29, 1.82) is 0 Å². The maximum Gasteiger partial charge on any atom is 0.328 e. The number of aromatic nitrogens is 4. The number of benzene rings is 2. The summed E-state index contributed by atoms with van der Waals surface area (Å²) in [4.78, 5) is 25.9. The Bertz CT molecular complexity index is 954. The van der Waals surface area contributed by atoms with Gasteiger partial charge in [-0.3, -0.25) is 4.79 Å². The molecule has 0 saturated carbocycles. The number of carbonyl (C=O) groups excluding carboxylic acids is 2. The molecule has 2 aromatic carbocycles. The van der Waals surface area contributed by atoms with Crippen molar-refractivity contribution in [3.63, 3.8) is 0 Å². The predicted octanol–water partition coefficient (Wildman–Crippen LogP) is 1.94. The maximum atomic E-state index is 12.5. The Labute approximate surface area is 168 Å². The van der Waals surface area contributed by atoms with Gasteiger partial charge in [-0.1, -0.05) is 60.2 Å². The van der Waals surface area contributed by atoms with Crippen molar-refractivity contribution in [2.24, 2.45) is 0 Å². The topological polar surface area (TPSA) is 99.0 Å². The van der Waals surface area contributed by atoms with Crippen LogP contribution in [0, 0.1) is 6.92 Å². The molecule has 1 amide bonds. The van der Waals surface area contributed by atoms with Gasteiger partial charge >= 0.3 is 5.97 Å². The third kappa shape index (κ3) is 5.71. The van der Waals surface area contributed by atoms with Crippen LogP contribution in [0.1, 0.15) is 18.1 Å². The molecule has 8 nitrogen and oxygen atoms in total. The number of hydrogen-bond acceptors (Lipinski definition) is 6. The van der Waals surface area contributed by atoms with Crippen LogP contribution in [0.3, 0.4) is 0 Å². The molecule has 1 N–H and O–H groups in total. The first-order valence-electron chi connectivity index (χ1n) is 9.40. The van der Waals surface area contributed by atoms with E-state index in [1.165, 1.54) is 4.80 Å². The minimum atomic E-state index is -0.787. The molecule has 1 unspecified atom stereocenters. The van der Waals surface area contributed by atoms with Gasteiger partial charge in [0, 0.05) is 12.0 Å². The first-order chi connectivity index (χ1) is 14.0. The Morgan fingerprint density at radius 3 is 2.52 bits per heavy atom. The molecule has 0 spiro atoms. The highest BCUT2D eigenvalue weighted by Crippen LogP contribution is 2.13. The van der Waals surface area contributed by atoms with E-state index in [0.29, 0.717) is 12.2 Å². The molecule has 1 aromatic heterocycles. The molecule has 3 rings (SSSR count). The molecule has 1 atom stereocenters. The van der Waals surface area contributed by atoms with Gasteiger partial charge in [0.05, 0.1) is 6.61 Å². The van der Waals surface area contributed by atoms with Crippen molar-refractivity contribution >= 4 is 11.9 Å². The average Bonchev–Trinajstić information content (AvgIpc) is 3.17. The van der Waals surface area contributed by atoms with Crippen molar-refractivity contribution in [2.75, 3.05) is 6.61 Å². The van der Waals surface area contributed by atoms with Crippen LogP contribution in [0.25, 0.3) is 11.4 Å². The molecule has 0 aliphatic rings. The first kappa shape index (κ1) is 20.2. The lowest BCUT2D eigenvalue weighted by atomic mass is 10.1. The average molecular weight is 393 g/mol. The van der Waals surface area contributed by atoms with E-state index in [4.69, 9.17) is 4.74 Å². The van der Waals surface area contributed by atoms with E-state index in [2.05, 4.69) is 20.7 Å². The molecule has 0 radical (unpaired) electrons. The summed E-state index contributed by atoms with van der Waals surface area (Å²) in [6, 6.07) is 16.4. The van der Waals surface area contributed by atoms with E-state index in [-0.39, 0.29) is 13.2 Å². The quantitative estimate of drug-likeness (QED) is 0.587. The van der Waals surface area contributed by atoms with Gasteiger partial charge in [0.2, 0.25) is 11.7 Å². The van der Waals surface area contributed by atoms with Crippen LogP contribution in [-0.4, -0.2) is 44.7 Å². The summed E-state index contributed by atoms with van der Waals surface area (Å²) in [6.45, 7) is 3.81. The summed E-state index contributed by atoms with van der Waals surface area (Å²) in [7, 11) is 0. The van der Waals surface area contributed by atoms with E-state index in [9.17, 15) is 9.59 Å². The number of rotatable bonds is 8. The lowest BCUT2D eigenvalue weighted by molar-refractivity contribution is -0.147. The van der Waals surface area contributed by atoms with Gasteiger partial charge in [0.25, 0.3) is 0 Å². The number of aryl methyl sites for hydroxylation is 1. The van der Waals surface area contributed by atoms with Crippen LogP contribution in [0.15, 0.2) is 54.6 Å². The van der Waals surface area contributed by atoms with E-state index in [0.717, 1.165) is 16.7 Å². The number of ether oxygens (including phenoxy) is 1. The van der Waals surface area contributed by atoms with E-state index >= 15 is 0 Å². The Hall–Kier alpha value is -3.55. The van der Waals surface area contributed by atoms with Crippen molar-refractivity contribution < 1.29 is 14.3 Å². The van der Waals surface area contributed by atoms with Crippen LogP contribution in [0.4, 0.5) is 0 Å². The number of esters is 1. The van der Waals surface area contributed by atoms with Crippen molar-refractivity contribution in [2.45, 2.75) is 32.9 Å². The molecule has 0 fully saturated rings. The fourth-order valence-corrected chi connectivity index (χ4v) is 2.78. The van der Waals surface area contributed by atoms with Gasteiger partial charge in [-0.2, -0.15) is 4.80 Å². The summed E-state index contributed by atoms with van der Waals surface area (Å²) < 4.78 is 5.09. The van der Waals surface area contributed by atoms with Crippen LogP contribution < -0.4 is 5.32 Å². The second-order valence-corrected chi connectivity index (χ2v) is 6.57. The Balaban J connectivity index is 1.65. The summed E-state index contributed by atoms with van der Waals surface area (Å²) in [6.07, 6.45) is 0.338. The standard InChI is InChI=1S/C21H23N5O3/c1-3-29-21(28)18(13-16-7-5-4-6-8-16)22-19(27)14-26-24-20(23-25-26)17-11-9-15(2)10-12-17/h4-12,18H,3,13-14H2,1-2H3,(H,22,27). The highest BCUT2D eigenvalue weighted by atomic mass is 16.5. The first-order valence-corrected chi connectivity index (χ1v) is 9.40. The predicted molar refractivity (Wildman–Crippen MR) is 107 cm³/mol. The molecule has 0 aliphatic heterocycles. The SMILES string of the molecule is CCOC(=O)C(Cc1ccccc1)NC(=O)Cn1nnc(-c2ccc(C)cc2)n1. The smallest absolute Gasteiger partial charge is 0.328 e. The van der Waals surface area contributed by atoms with E-state index < -0.39 is 17.9 Å². The molecule has 29 heavy (non-hydrogen) atoms. The zero-order valence-electron chi connectivity index (χ0n) is 16.4. The largest absolute Gasteiger partial charge is 0.464 e. The normalized spacial score (nSPS) is 11.7. The number of nitrogens with one attached hydrogen (secondary N) is 1. The van der Waals surface area contributed by atoms with Gasteiger partial charge in [-0.05, 0) is 24.6 Å². The van der Waals surface area contributed by atoms with Crippen molar-refractivity contribution in [1.82, 2.24) is 25.5 Å². The van der Waals surface area contributed by atoms with Crippen LogP contribution in [0.5, 0.6) is 0 Å². The molecule has 1 heterocycles. The third-order valence-electron chi connectivity index (χ3n) is 4.24. The molecule has 0 aliphatic carbocycles. The summed E-state index contributed by atoms with van der Waals surface area (Å²) >= 11 is 0. The summed E-state index contributed by atoms with van der Waals surface area (Å²) in [5.41, 5.74) is 2.87. The molecule has 0 saturated heterocycles. The molecule has 0 bridgehead atoms. The molecular weight excluding hydrogens is 370 g/mol. The van der Waals surface area contributed by atoms with E-state index in [1.807, 2.05) is 61.5 Å². The maximum absolute atomic E-state index is 12.5. The molecule has 3 aromatic rings. The van der Waals surface area contributed by atoms with Crippen molar-refractivity contribution in [3.8, 4) is 11.4 Å². The Kier molecular flexibility index (Phi) is 6.67. The Morgan fingerprint density at radius 1 is 1.10 bits per heavy atom. The second-order valence-electron chi connectivity index (χ2n) is 6.57. The van der Waals surface area contributed by atoms with Gasteiger partial charge in [0.15, 0.2) is 0 Å². The van der Waals surface area contributed by atoms with Crippen LogP contribution in [0.2, 0.25) is 0 Å². The zero-order chi connectivity index (χ0) is 20.6. The fraction of sp³-hybridized carbons (Fsp3) is 0.286. The zero-order valence-corrected chi connectivity index (χ0v) is 16.4. The molecule has 8 heteroatoms. The fourth-order valence-electron chi connectivity index (χ4n) is 2.78. The number of tetrazole rings is 1. The van der Waals surface area contributed by atoms with Crippen molar-refractivity contribution in [3.05, 3.63) is 65.7 Å². The monoisotopic (exact) mass is 393 g/mol. The Morgan fingerprint density at radius 2 is 1.83 bits per heavy atom. The lowest BCUT2D eigenvalue weighted by Crippen LogP contribution is -2.44. The number of nitrogens with zero attached hydrogens (tertiary/aromatic N) is 4.